The molecule has 21 heavy (non-hydrogen) atoms. The van der Waals surface area contributed by atoms with Crippen LogP contribution in [0.4, 0.5) is 0 Å². The highest BCUT2D eigenvalue weighted by Gasteiger charge is 2.12. The van der Waals surface area contributed by atoms with E-state index in [1.54, 1.807) is 0 Å². The van der Waals surface area contributed by atoms with Gasteiger partial charge >= 0.3 is 11.9 Å². The maximum Gasteiger partial charge on any atom is 0.371 e. The van der Waals surface area contributed by atoms with E-state index in [0.717, 1.165) is 37.8 Å². The molecule has 1 heterocycles. The normalized spacial score (nSPS) is 8.95. The second-order valence-electron chi connectivity index (χ2n) is 3.93. The van der Waals surface area contributed by atoms with E-state index in [0.29, 0.717) is 13.2 Å². The Labute approximate surface area is 123 Å². The van der Waals surface area contributed by atoms with Crippen LogP contribution in [0, 0.1) is 0 Å². The topological polar surface area (TPSA) is 128 Å². The van der Waals surface area contributed by atoms with Gasteiger partial charge in [0.15, 0.2) is 0 Å². The third kappa shape index (κ3) is 12.9. The molecule has 0 aliphatic carbocycles. The molecule has 0 aromatic carbocycles. The average Bonchev–Trinajstić information content (AvgIpc) is 2.92. The van der Waals surface area contributed by atoms with Crippen LogP contribution in [-0.2, 0) is 0 Å². The van der Waals surface area contributed by atoms with Crippen LogP contribution in [0.1, 0.15) is 60.6 Å². The number of furan rings is 1. The van der Waals surface area contributed by atoms with Gasteiger partial charge in [0, 0.05) is 13.2 Å². The minimum atomic E-state index is -1.28. The minimum absolute atomic E-state index is 0.344. The summed E-state index contributed by atoms with van der Waals surface area (Å²) in [6, 6.07) is 2.18. The van der Waals surface area contributed by atoms with Gasteiger partial charge in [-0.25, -0.2) is 9.59 Å². The Morgan fingerprint density at radius 1 is 0.905 bits per heavy atom. The molecule has 4 N–H and O–H groups in total. The number of carboxylic acid groups (broad SMARTS) is 2. The van der Waals surface area contributed by atoms with Crippen LogP contribution in [0.3, 0.4) is 0 Å². The number of carboxylic acids is 2. The molecule has 0 spiro atoms. The van der Waals surface area contributed by atoms with E-state index in [2.05, 4.69) is 18.3 Å². The van der Waals surface area contributed by atoms with Crippen molar-refractivity contribution in [2.75, 3.05) is 13.2 Å². The van der Waals surface area contributed by atoms with Gasteiger partial charge in [0.1, 0.15) is 0 Å². The second kappa shape index (κ2) is 14.5. The van der Waals surface area contributed by atoms with E-state index in [1.807, 2.05) is 0 Å². The SMILES string of the molecule is CCCCO.CCCCO.O=C(O)c1ccc(C(=O)O)o1. The molecule has 0 radical (unpaired) electrons. The standard InChI is InChI=1S/C6H4O5.2C4H10O/c7-5(8)3-1-2-4(11-3)6(9)10;2*1-2-3-4-5/h1-2H,(H,7,8)(H,9,10);2*5H,2-4H2,1H3. The van der Waals surface area contributed by atoms with Crippen molar-refractivity contribution in [3.05, 3.63) is 23.7 Å². The molecular weight excluding hydrogens is 280 g/mol. The number of aliphatic hydroxyl groups excluding tert-OH is 2. The van der Waals surface area contributed by atoms with Crippen LogP contribution in [0.15, 0.2) is 16.5 Å². The Morgan fingerprint density at radius 3 is 1.33 bits per heavy atom. The number of hydrogen-bond acceptors (Lipinski definition) is 5. The zero-order valence-electron chi connectivity index (χ0n) is 12.4. The van der Waals surface area contributed by atoms with Gasteiger partial charge in [-0.3, -0.25) is 0 Å². The van der Waals surface area contributed by atoms with E-state index in [9.17, 15) is 9.59 Å². The summed E-state index contributed by atoms with van der Waals surface area (Å²) in [4.78, 5) is 20.3. The highest BCUT2D eigenvalue weighted by atomic mass is 16.4. The lowest BCUT2D eigenvalue weighted by Gasteiger charge is -1.84. The molecule has 0 fully saturated rings. The van der Waals surface area contributed by atoms with Crippen LogP contribution in [-0.4, -0.2) is 45.6 Å². The van der Waals surface area contributed by atoms with Gasteiger partial charge in [-0.1, -0.05) is 26.7 Å². The molecule has 7 nitrogen and oxygen atoms in total. The number of aliphatic hydroxyl groups is 2. The molecule has 0 unspecified atom stereocenters. The highest BCUT2D eigenvalue weighted by Crippen LogP contribution is 2.06. The van der Waals surface area contributed by atoms with Gasteiger partial charge in [-0.05, 0) is 25.0 Å². The van der Waals surface area contributed by atoms with Crippen molar-refractivity contribution in [2.24, 2.45) is 0 Å². The summed E-state index contributed by atoms with van der Waals surface area (Å²) < 4.78 is 4.41. The lowest BCUT2D eigenvalue weighted by Crippen LogP contribution is -1.94. The van der Waals surface area contributed by atoms with Crippen LogP contribution in [0.5, 0.6) is 0 Å². The molecule has 0 atom stereocenters. The van der Waals surface area contributed by atoms with Gasteiger partial charge in [0.25, 0.3) is 0 Å². The zero-order chi connectivity index (χ0) is 16.7. The Kier molecular flexibility index (Phi) is 14.9. The maximum absolute atomic E-state index is 10.2. The van der Waals surface area contributed by atoms with Crippen LogP contribution in [0.2, 0.25) is 0 Å². The number of aromatic carboxylic acids is 2. The van der Waals surface area contributed by atoms with Crippen LogP contribution in [0.25, 0.3) is 0 Å². The first-order valence-electron chi connectivity index (χ1n) is 6.72. The summed E-state index contributed by atoms with van der Waals surface area (Å²) >= 11 is 0. The molecule has 0 amide bonds. The number of hydrogen-bond donors (Lipinski definition) is 4. The number of unbranched alkanes of at least 4 members (excludes halogenated alkanes) is 2. The fourth-order valence-corrected chi connectivity index (χ4v) is 0.884. The molecule has 0 bridgehead atoms. The smallest absolute Gasteiger partial charge is 0.371 e. The largest absolute Gasteiger partial charge is 0.475 e. The molecular formula is C14H24O7. The van der Waals surface area contributed by atoms with E-state index in [-0.39, 0.29) is 11.5 Å². The summed E-state index contributed by atoms with van der Waals surface area (Å²) in [5.41, 5.74) is 0. The van der Waals surface area contributed by atoms with Crippen molar-refractivity contribution < 1.29 is 34.4 Å². The van der Waals surface area contributed by atoms with Gasteiger partial charge in [0.2, 0.25) is 11.5 Å². The summed E-state index contributed by atoms with van der Waals surface area (Å²) in [6.07, 6.45) is 4.08. The highest BCUT2D eigenvalue weighted by molar-refractivity contribution is 5.88. The Balaban J connectivity index is 0. The van der Waals surface area contributed by atoms with Crippen molar-refractivity contribution in [3.8, 4) is 0 Å². The first-order chi connectivity index (χ1) is 9.94. The summed E-state index contributed by atoms with van der Waals surface area (Å²) in [6.45, 7) is 4.79. The van der Waals surface area contributed by atoms with Gasteiger partial charge < -0.3 is 24.8 Å². The molecule has 0 aliphatic heterocycles. The predicted octanol–water partition coefficient (Wildman–Crippen LogP) is 2.23. The molecule has 1 aromatic rings. The zero-order valence-corrected chi connectivity index (χ0v) is 12.4. The van der Waals surface area contributed by atoms with Crippen molar-refractivity contribution >= 4 is 11.9 Å². The molecule has 1 rings (SSSR count). The Hall–Kier alpha value is -1.86. The van der Waals surface area contributed by atoms with E-state index in [1.165, 1.54) is 0 Å². The summed E-state index contributed by atoms with van der Waals surface area (Å²) in [7, 11) is 0. The molecule has 122 valence electrons. The van der Waals surface area contributed by atoms with Crippen molar-refractivity contribution in [1.29, 1.82) is 0 Å². The van der Waals surface area contributed by atoms with Crippen molar-refractivity contribution in [1.82, 2.24) is 0 Å². The van der Waals surface area contributed by atoms with Gasteiger partial charge in [-0.15, -0.1) is 0 Å². The predicted molar refractivity (Wildman–Crippen MR) is 76.6 cm³/mol. The third-order valence-electron chi connectivity index (χ3n) is 2.05. The van der Waals surface area contributed by atoms with Crippen molar-refractivity contribution in [3.63, 3.8) is 0 Å². The maximum atomic E-state index is 10.2. The molecule has 1 aromatic heterocycles. The summed E-state index contributed by atoms with van der Waals surface area (Å²) in [5, 5.41) is 32.7. The van der Waals surface area contributed by atoms with E-state index >= 15 is 0 Å². The first-order valence-corrected chi connectivity index (χ1v) is 6.72. The number of carbonyl (C=O) groups is 2. The fraction of sp³-hybridized carbons (Fsp3) is 0.571. The Morgan fingerprint density at radius 2 is 1.24 bits per heavy atom. The minimum Gasteiger partial charge on any atom is -0.475 e. The molecule has 0 saturated carbocycles. The van der Waals surface area contributed by atoms with E-state index in [4.69, 9.17) is 20.4 Å². The number of rotatable bonds is 6. The average molecular weight is 304 g/mol. The lowest BCUT2D eigenvalue weighted by molar-refractivity contribution is 0.0631. The third-order valence-corrected chi connectivity index (χ3v) is 2.05. The molecule has 0 saturated heterocycles. The van der Waals surface area contributed by atoms with Crippen LogP contribution < -0.4 is 0 Å². The first kappa shape index (κ1) is 21.4. The van der Waals surface area contributed by atoms with E-state index < -0.39 is 11.9 Å². The quantitative estimate of drug-likeness (QED) is 0.634. The molecule has 0 aliphatic rings. The van der Waals surface area contributed by atoms with Gasteiger partial charge in [-0.2, -0.15) is 0 Å². The fourth-order valence-electron chi connectivity index (χ4n) is 0.884. The second-order valence-corrected chi connectivity index (χ2v) is 3.93. The molecule has 7 heteroatoms. The van der Waals surface area contributed by atoms with Crippen molar-refractivity contribution in [2.45, 2.75) is 39.5 Å². The summed E-state index contributed by atoms with van der Waals surface area (Å²) in [5.74, 6) is -3.31. The monoisotopic (exact) mass is 304 g/mol. The lowest BCUT2D eigenvalue weighted by atomic mass is 10.4. The van der Waals surface area contributed by atoms with Crippen LogP contribution >= 0.6 is 0 Å². The van der Waals surface area contributed by atoms with Gasteiger partial charge in [0.05, 0.1) is 0 Å². The Bertz CT molecular complexity index is 346.